The van der Waals surface area contributed by atoms with E-state index in [1.54, 1.807) is 0 Å². The summed E-state index contributed by atoms with van der Waals surface area (Å²) in [5.74, 6) is 2.00. The van der Waals surface area contributed by atoms with E-state index < -0.39 is 5.60 Å². The van der Waals surface area contributed by atoms with Crippen molar-refractivity contribution in [1.29, 1.82) is 0 Å². The van der Waals surface area contributed by atoms with Gasteiger partial charge in [0.15, 0.2) is 0 Å². The molecule has 3 heteroatoms. The van der Waals surface area contributed by atoms with Crippen LogP contribution in [0, 0.1) is 5.41 Å². The Morgan fingerprint density at radius 3 is 2.82 bits per heavy atom. The minimum Gasteiger partial charge on any atom is -0.388 e. The van der Waals surface area contributed by atoms with Gasteiger partial charge in [-0.1, -0.05) is 41.9 Å². The summed E-state index contributed by atoms with van der Waals surface area (Å²) in [6, 6.07) is 8.26. The zero-order valence-corrected chi connectivity index (χ0v) is 12.8. The summed E-state index contributed by atoms with van der Waals surface area (Å²) in [6.45, 7) is 4.37. The predicted octanol–water partition coefficient (Wildman–Crippen LogP) is 3.89. The van der Waals surface area contributed by atoms with Crippen LogP contribution < -0.4 is 0 Å². The first-order valence-electron chi connectivity index (χ1n) is 5.98. The van der Waals surface area contributed by atoms with Gasteiger partial charge in [-0.2, -0.15) is 11.8 Å². The molecule has 1 N–H and O–H groups in total. The molecule has 94 valence electrons. The van der Waals surface area contributed by atoms with Crippen LogP contribution in [0.15, 0.2) is 28.7 Å². The molecule has 0 amide bonds. The number of hydrogen-bond acceptors (Lipinski definition) is 2. The Labute approximate surface area is 116 Å². The second-order valence-electron chi connectivity index (χ2n) is 5.52. The summed E-state index contributed by atoms with van der Waals surface area (Å²) < 4.78 is 1.08. The second kappa shape index (κ2) is 4.94. The zero-order chi connectivity index (χ0) is 12.5. The van der Waals surface area contributed by atoms with Crippen molar-refractivity contribution in [3.05, 3.63) is 34.3 Å². The van der Waals surface area contributed by atoms with E-state index in [1.807, 2.05) is 23.9 Å². The van der Waals surface area contributed by atoms with Crippen molar-refractivity contribution in [1.82, 2.24) is 0 Å². The van der Waals surface area contributed by atoms with E-state index in [9.17, 15) is 5.11 Å². The van der Waals surface area contributed by atoms with Gasteiger partial charge in [0.2, 0.25) is 0 Å². The van der Waals surface area contributed by atoms with Crippen molar-refractivity contribution in [3.8, 4) is 0 Å². The third kappa shape index (κ3) is 2.88. The van der Waals surface area contributed by atoms with Gasteiger partial charge in [-0.3, -0.25) is 0 Å². The molecule has 0 spiro atoms. The van der Waals surface area contributed by atoms with E-state index in [0.29, 0.717) is 0 Å². The van der Waals surface area contributed by atoms with Crippen LogP contribution >= 0.6 is 27.7 Å². The van der Waals surface area contributed by atoms with E-state index in [-0.39, 0.29) is 5.41 Å². The molecule has 1 unspecified atom stereocenters. The summed E-state index contributed by atoms with van der Waals surface area (Å²) in [4.78, 5) is 0. The molecule has 1 atom stereocenters. The molecule has 0 radical (unpaired) electrons. The first kappa shape index (κ1) is 13.4. The fourth-order valence-electron chi connectivity index (χ4n) is 2.27. The highest BCUT2D eigenvalue weighted by atomic mass is 79.9. The van der Waals surface area contributed by atoms with Crippen LogP contribution in [0.5, 0.6) is 0 Å². The molecule has 1 aromatic rings. The molecule has 1 aliphatic heterocycles. The number of aliphatic hydroxyl groups is 1. The van der Waals surface area contributed by atoms with Gasteiger partial charge in [-0.05, 0) is 35.3 Å². The lowest BCUT2D eigenvalue weighted by Gasteiger charge is -2.46. The van der Waals surface area contributed by atoms with Gasteiger partial charge in [-0.25, -0.2) is 0 Å². The van der Waals surface area contributed by atoms with Gasteiger partial charge in [0.1, 0.15) is 0 Å². The third-order valence-corrected chi connectivity index (χ3v) is 5.53. The fourth-order valence-corrected chi connectivity index (χ4v) is 4.35. The molecule has 0 saturated carbocycles. The van der Waals surface area contributed by atoms with Crippen molar-refractivity contribution in [2.75, 3.05) is 11.5 Å². The van der Waals surface area contributed by atoms with Crippen molar-refractivity contribution in [3.63, 3.8) is 0 Å². The largest absolute Gasteiger partial charge is 0.388 e. The quantitative estimate of drug-likeness (QED) is 0.893. The molecule has 0 bridgehead atoms. The molecule has 1 saturated heterocycles. The van der Waals surface area contributed by atoms with Gasteiger partial charge in [0.05, 0.1) is 5.60 Å². The summed E-state index contributed by atoms with van der Waals surface area (Å²) in [5.41, 5.74) is 0.620. The van der Waals surface area contributed by atoms with Crippen molar-refractivity contribution in [2.45, 2.75) is 32.3 Å². The van der Waals surface area contributed by atoms with E-state index >= 15 is 0 Å². The molecule has 2 rings (SSSR count). The number of hydrogen-bond donors (Lipinski definition) is 1. The minimum atomic E-state index is -0.587. The van der Waals surface area contributed by atoms with Crippen LogP contribution in [-0.4, -0.2) is 22.2 Å². The smallest absolute Gasteiger partial charge is 0.0828 e. The Kier molecular flexibility index (Phi) is 3.91. The Morgan fingerprint density at radius 1 is 1.41 bits per heavy atom. The van der Waals surface area contributed by atoms with Crippen LogP contribution in [0.1, 0.15) is 25.8 Å². The lowest BCUT2D eigenvalue weighted by molar-refractivity contribution is -0.0513. The molecule has 1 fully saturated rings. The first-order valence-corrected chi connectivity index (χ1v) is 7.92. The van der Waals surface area contributed by atoms with Gasteiger partial charge in [0, 0.05) is 16.6 Å². The molecular weight excluding hydrogens is 296 g/mol. The highest BCUT2D eigenvalue weighted by molar-refractivity contribution is 9.10. The summed E-state index contributed by atoms with van der Waals surface area (Å²) in [7, 11) is 0. The summed E-state index contributed by atoms with van der Waals surface area (Å²) in [5, 5.41) is 10.9. The Hall–Kier alpha value is 0.01000. The maximum atomic E-state index is 10.9. The van der Waals surface area contributed by atoms with Crippen molar-refractivity contribution >= 4 is 27.7 Å². The van der Waals surface area contributed by atoms with E-state index in [0.717, 1.165) is 28.8 Å². The summed E-state index contributed by atoms with van der Waals surface area (Å²) in [6.07, 6.45) is 1.83. The van der Waals surface area contributed by atoms with Gasteiger partial charge in [-0.15, -0.1) is 0 Å². The van der Waals surface area contributed by atoms with Crippen LogP contribution in [0.25, 0.3) is 0 Å². The molecule has 0 aliphatic carbocycles. The van der Waals surface area contributed by atoms with Gasteiger partial charge in [0.25, 0.3) is 0 Å². The highest BCUT2D eigenvalue weighted by Crippen LogP contribution is 2.44. The fraction of sp³-hybridized carbons (Fsp3) is 0.571. The molecular formula is C14H19BrOS. The first-order chi connectivity index (χ1) is 7.93. The molecule has 1 heterocycles. The maximum Gasteiger partial charge on any atom is 0.0828 e. The van der Waals surface area contributed by atoms with Crippen LogP contribution in [0.4, 0.5) is 0 Å². The number of benzene rings is 1. The van der Waals surface area contributed by atoms with Gasteiger partial charge < -0.3 is 5.11 Å². The van der Waals surface area contributed by atoms with Crippen molar-refractivity contribution < 1.29 is 5.11 Å². The normalized spacial score (nSPS) is 28.0. The van der Waals surface area contributed by atoms with E-state index in [4.69, 9.17) is 0 Å². The average Bonchev–Trinajstić information content (AvgIpc) is 2.23. The second-order valence-corrected chi connectivity index (χ2v) is 7.55. The Bertz CT molecular complexity index is 405. The van der Waals surface area contributed by atoms with E-state index in [2.05, 4.69) is 41.9 Å². The minimum absolute atomic E-state index is 0.000563. The lowest BCUT2D eigenvalue weighted by Crippen LogP contribution is -2.51. The molecule has 17 heavy (non-hydrogen) atoms. The molecule has 1 aromatic carbocycles. The van der Waals surface area contributed by atoms with Crippen LogP contribution in [0.2, 0.25) is 0 Å². The standard InChI is InChI=1S/C14H19BrOS/c1-13(2)6-7-17-10-14(13,16)9-11-4-3-5-12(15)8-11/h3-5,8,16H,6-7,9-10H2,1-2H3. The predicted molar refractivity (Wildman–Crippen MR) is 78.5 cm³/mol. The third-order valence-electron chi connectivity index (χ3n) is 3.86. The SMILES string of the molecule is CC1(C)CCSCC1(O)Cc1cccc(Br)c1. The number of thioether (sulfide) groups is 1. The topological polar surface area (TPSA) is 20.2 Å². The molecule has 1 nitrogen and oxygen atoms in total. The van der Waals surface area contributed by atoms with Gasteiger partial charge >= 0.3 is 0 Å². The highest BCUT2D eigenvalue weighted by Gasteiger charge is 2.45. The monoisotopic (exact) mass is 314 g/mol. The summed E-state index contributed by atoms with van der Waals surface area (Å²) >= 11 is 5.35. The Balaban J connectivity index is 2.21. The zero-order valence-electron chi connectivity index (χ0n) is 10.4. The number of rotatable bonds is 2. The average molecular weight is 315 g/mol. The molecule has 1 aliphatic rings. The maximum absolute atomic E-state index is 10.9. The van der Waals surface area contributed by atoms with Crippen LogP contribution in [-0.2, 0) is 6.42 Å². The Morgan fingerprint density at radius 2 is 2.18 bits per heavy atom. The van der Waals surface area contributed by atoms with Crippen molar-refractivity contribution in [2.24, 2.45) is 5.41 Å². The number of halogens is 1. The van der Waals surface area contributed by atoms with Crippen LogP contribution in [0.3, 0.4) is 0 Å². The van der Waals surface area contributed by atoms with E-state index in [1.165, 1.54) is 5.56 Å². The molecule has 0 aromatic heterocycles. The lowest BCUT2D eigenvalue weighted by atomic mass is 9.70.